The summed E-state index contributed by atoms with van der Waals surface area (Å²) in [6, 6.07) is 3.82. The van der Waals surface area contributed by atoms with Crippen LogP contribution in [0.1, 0.15) is 5.56 Å². The van der Waals surface area contributed by atoms with Crippen LogP contribution in [0.3, 0.4) is 0 Å². The topological polar surface area (TPSA) is 66.5 Å². The molecule has 1 atom stereocenters. The van der Waals surface area contributed by atoms with Crippen molar-refractivity contribution in [3.63, 3.8) is 0 Å². The van der Waals surface area contributed by atoms with Crippen LogP contribution in [0.25, 0.3) is 0 Å². The van der Waals surface area contributed by atoms with E-state index in [1.165, 1.54) is 11.8 Å². The third-order valence-electron chi connectivity index (χ3n) is 1.96. The highest BCUT2D eigenvalue weighted by molar-refractivity contribution is 9.10. The first-order valence-corrected chi connectivity index (χ1v) is 6.29. The molecule has 0 bridgehead atoms. The van der Waals surface area contributed by atoms with Crippen molar-refractivity contribution in [3.05, 3.63) is 22.2 Å². The second kappa shape index (κ2) is 5.75. The number of nitrogens with two attached hydrogens (primary N) is 1. The minimum atomic E-state index is -0.681. The number of halogens is 1. The molecule has 0 heterocycles. The van der Waals surface area contributed by atoms with E-state index in [0.717, 1.165) is 20.6 Å². The number of benzene rings is 1. The largest absolute Gasteiger partial charge is 0.398 e. The Morgan fingerprint density at radius 2 is 2.20 bits per heavy atom. The number of aryl methyl sites for hydroxylation is 1. The molecule has 0 aliphatic heterocycles. The normalized spacial score (nSPS) is 12.8. The first-order valence-electron chi connectivity index (χ1n) is 4.52. The lowest BCUT2D eigenvalue weighted by Crippen LogP contribution is -2.14. The molecule has 1 aromatic rings. The zero-order chi connectivity index (χ0) is 11.4. The zero-order valence-corrected chi connectivity index (χ0v) is 10.8. The van der Waals surface area contributed by atoms with Crippen LogP contribution in [0.2, 0.25) is 0 Å². The molecule has 0 aliphatic rings. The third-order valence-corrected chi connectivity index (χ3v) is 4.08. The summed E-state index contributed by atoms with van der Waals surface area (Å²) in [6.07, 6.45) is -0.681. The molecule has 3 nitrogen and oxygen atoms in total. The van der Waals surface area contributed by atoms with Crippen LogP contribution >= 0.6 is 27.7 Å². The van der Waals surface area contributed by atoms with E-state index in [0.29, 0.717) is 5.75 Å². The fourth-order valence-corrected chi connectivity index (χ4v) is 2.66. The van der Waals surface area contributed by atoms with Gasteiger partial charge in [0.15, 0.2) is 0 Å². The lowest BCUT2D eigenvalue weighted by molar-refractivity contribution is 0.113. The van der Waals surface area contributed by atoms with E-state index < -0.39 is 6.10 Å². The van der Waals surface area contributed by atoms with Crippen LogP contribution in [0.15, 0.2) is 21.5 Å². The molecule has 1 unspecified atom stereocenters. The van der Waals surface area contributed by atoms with Gasteiger partial charge in [-0.2, -0.15) is 0 Å². The van der Waals surface area contributed by atoms with Gasteiger partial charge in [-0.15, -0.1) is 11.8 Å². The number of rotatable bonds is 4. The van der Waals surface area contributed by atoms with Gasteiger partial charge < -0.3 is 15.9 Å². The second-order valence-corrected chi connectivity index (χ2v) is 5.20. The molecule has 0 saturated heterocycles. The molecule has 0 aliphatic carbocycles. The van der Waals surface area contributed by atoms with Crippen molar-refractivity contribution in [2.75, 3.05) is 18.1 Å². The first-order chi connectivity index (χ1) is 7.04. The van der Waals surface area contributed by atoms with Crippen molar-refractivity contribution < 1.29 is 10.2 Å². The van der Waals surface area contributed by atoms with E-state index in [-0.39, 0.29) is 6.61 Å². The Labute approximate surface area is 102 Å². The summed E-state index contributed by atoms with van der Waals surface area (Å²) in [6.45, 7) is 1.73. The van der Waals surface area contributed by atoms with E-state index >= 15 is 0 Å². The molecule has 5 heteroatoms. The molecule has 0 fully saturated rings. The van der Waals surface area contributed by atoms with Gasteiger partial charge in [-0.05, 0) is 40.5 Å². The van der Waals surface area contributed by atoms with Gasteiger partial charge in [0.1, 0.15) is 0 Å². The van der Waals surface area contributed by atoms with E-state index in [4.69, 9.17) is 10.8 Å². The van der Waals surface area contributed by atoms with Crippen LogP contribution in [0.5, 0.6) is 0 Å². The fraction of sp³-hybridized carbons (Fsp3) is 0.400. The SMILES string of the molecule is Cc1cc(SCC(O)CO)c(Br)cc1N. The van der Waals surface area contributed by atoms with Crippen LogP contribution in [0.4, 0.5) is 5.69 Å². The van der Waals surface area contributed by atoms with Crippen LogP contribution in [-0.2, 0) is 0 Å². The Kier molecular flexibility index (Phi) is 4.92. The van der Waals surface area contributed by atoms with Crippen LogP contribution in [-0.4, -0.2) is 28.7 Å². The molecular formula is C10H14BrNO2S. The van der Waals surface area contributed by atoms with Crippen LogP contribution < -0.4 is 5.73 Å². The Hall–Kier alpha value is -0.230. The number of anilines is 1. The predicted molar refractivity (Wildman–Crippen MR) is 67.1 cm³/mol. The fourth-order valence-electron chi connectivity index (χ4n) is 1.02. The summed E-state index contributed by atoms with van der Waals surface area (Å²) in [5.74, 6) is 0.471. The second-order valence-electron chi connectivity index (χ2n) is 3.29. The Balaban J connectivity index is 2.73. The number of hydrogen-bond acceptors (Lipinski definition) is 4. The van der Waals surface area contributed by atoms with Gasteiger partial charge in [-0.25, -0.2) is 0 Å². The van der Waals surface area contributed by atoms with Crippen molar-refractivity contribution in [1.29, 1.82) is 0 Å². The number of aliphatic hydroxyl groups is 2. The number of thioether (sulfide) groups is 1. The molecule has 1 aromatic carbocycles. The van der Waals surface area contributed by atoms with Crippen molar-refractivity contribution in [1.82, 2.24) is 0 Å². The van der Waals surface area contributed by atoms with Gasteiger partial charge in [0.2, 0.25) is 0 Å². The predicted octanol–water partition coefficient (Wildman–Crippen LogP) is 1.79. The summed E-state index contributed by atoms with van der Waals surface area (Å²) in [5, 5.41) is 17.9. The molecule has 0 amide bonds. The average molecular weight is 292 g/mol. The third kappa shape index (κ3) is 3.68. The standard InChI is InChI=1S/C10H14BrNO2S/c1-6-2-10(8(11)3-9(6)12)15-5-7(14)4-13/h2-3,7,13-14H,4-5,12H2,1H3. The molecule has 15 heavy (non-hydrogen) atoms. The quantitative estimate of drug-likeness (QED) is 0.584. The molecule has 84 valence electrons. The first kappa shape index (κ1) is 12.8. The smallest absolute Gasteiger partial charge is 0.0864 e. The maximum absolute atomic E-state index is 9.22. The summed E-state index contributed by atoms with van der Waals surface area (Å²) in [5.41, 5.74) is 7.50. The van der Waals surface area contributed by atoms with E-state index in [9.17, 15) is 5.11 Å². The lowest BCUT2D eigenvalue weighted by atomic mass is 10.2. The van der Waals surface area contributed by atoms with Gasteiger partial charge in [0.25, 0.3) is 0 Å². The van der Waals surface area contributed by atoms with Gasteiger partial charge in [0.05, 0.1) is 12.7 Å². The maximum Gasteiger partial charge on any atom is 0.0864 e. The van der Waals surface area contributed by atoms with E-state index in [1.807, 2.05) is 19.1 Å². The minimum Gasteiger partial charge on any atom is -0.398 e. The highest BCUT2D eigenvalue weighted by Gasteiger charge is 2.07. The summed E-state index contributed by atoms with van der Waals surface area (Å²) in [7, 11) is 0. The van der Waals surface area contributed by atoms with Crippen LogP contribution in [0, 0.1) is 6.92 Å². The van der Waals surface area contributed by atoms with E-state index in [2.05, 4.69) is 15.9 Å². The number of hydrogen-bond donors (Lipinski definition) is 3. The van der Waals surface area contributed by atoms with Crippen molar-refractivity contribution in [3.8, 4) is 0 Å². The Bertz CT molecular complexity index is 346. The monoisotopic (exact) mass is 291 g/mol. The summed E-state index contributed by atoms with van der Waals surface area (Å²) < 4.78 is 0.917. The summed E-state index contributed by atoms with van der Waals surface area (Å²) >= 11 is 4.90. The Morgan fingerprint density at radius 3 is 2.80 bits per heavy atom. The van der Waals surface area contributed by atoms with Crippen molar-refractivity contribution in [2.45, 2.75) is 17.9 Å². The Morgan fingerprint density at radius 1 is 1.53 bits per heavy atom. The lowest BCUT2D eigenvalue weighted by Gasteiger charge is -2.10. The van der Waals surface area contributed by atoms with Crippen molar-refractivity contribution in [2.24, 2.45) is 0 Å². The summed E-state index contributed by atoms with van der Waals surface area (Å²) in [4.78, 5) is 1.02. The molecule has 0 aromatic heterocycles. The van der Waals surface area contributed by atoms with Gasteiger partial charge in [0, 0.05) is 20.8 Å². The molecule has 1 rings (SSSR count). The maximum atomic E-state index is 9.22. The molecule has 0 saturated carbocycles. The minimum absolute atomic E-state index is 0.210. The number of nitrogen functional groups attached to an aromatic ring is 1. The van der Waals surface area contributed by atoms with Gasteiger partial charge in [-0.1, -0.05) is 0 Å². The average Bonchev–Trinajstić information content (AvgIpc) is 2.21. The molecule has 4 N–H and O–H groups in total. The molecular weight excluding hydrogens is 278 g/mol. The van der Waals surface area contributed by atoms with Gasteiger partial charge >= 0.3 is 0 Å². The highest BCUT2D eigenvalue weighted by atomic mass is 79.9. The molecule has 0 radical (unpaired) electrons. The van der Waals surface area contributed by atoms with Gasteiger partial charge in [-0.3, -0.25) is 0 Å². The highest BCUT2D eigenvalue weighted by Crippen LogP contribution is 2.31. The number of aliphatic hydroxyl groups excluding tert-OH is 2. The zero-order valence-electron chi connectivity index (χ0n) is 8.40. The van der Waals surface area contributed by atoms with Crippen molar-refractivity contribution >= 4 is 33.4 Å². The molecule has 0 spiro atoms. The van der Waals surface area contributed by atoms with E-state index in [1.54, 1.807) is 0 Å².